The summed E-state index contributed by atoms with van der Waals surface area (Å²) < 4.78 is 18.9. The normalized spacial score (nSPS) is 11.6. The Labute approximate surface area is 166 Å². The quantitative estimate of drug-likeness (QED) is 0.515. The minimum Gasteiger partial charge on any atom is -0.418 e. The first-order chi connectivity index (χ1) is 14.2. The molecule has 144 valence electrons. The molecule has 0 unspecified atom stereocenters. The number of benzene rings is 3. The molecule has 6 nitrogen and oxygen atoms in total. The van der Waals surface area contributed by atoms with Gasteiger partial charge in [-0.05, 0) is 42.0 Å². The van der Waals surface area contributed by atoms with E-state index in [1.54, 1.807) is 0 Å². The summed E-state index contributed by atoms with van der Waals surface area (Å²) in [6.07, 6.45) is 0. The van der Waals surface area contributed by atoms with Crippen molar-refractivity contribution in [2.24, 2.45) is 0 Å². The number of hydrogen-bond acceptors (Lipinski definition) is 4. The molecule has 2 amide bonds. The number of halogens is 1. The summed E-state index contributed by atoms with van der Waals surface area (Å²) in [4.78, 5) is 12.5. The second-order valence-electron chi connectivity index (χ2n) is 6.26. The molecular formula is C22H17FN4O2. The summed E-state index contributed by atoms with van der Waals surface area (Å²) in [6.45, 7) is 0. The Morgan fingerprint density at radius 1 is 0.862 bits per heavy atom. The molecule has 4 aromatic rings. The smallest absolute Gasteiger partial charge is 0.320 e. The maximum atomic E-state index is 13.1. The first-order valence-corrected chi connectivity index (χ1v) is 8.96. The van der Waals surface area contributed by atoms with Gasteiger partial charge in [0.1, 0.15) is 11.9 Å². The number of urea groups is 1. The van der Waals surface area contributed by atoms with Crippen LogP contribution >= 0.6 is 0 Å². The van der Waals surface area contributed by atoms with Crippen molar-refractivity contribution in [3.63, 3.8) is 0 Å². The summed E-state index contributed by atoms with van der Waals surface area (Å²) in [5, 5.41) is 13.7. The molecule has 0 spiro atoms. The number of carbonyl (C=O) groups excluding carboxylic acids is 1. The highest BCUT2D eigenvalue weighted by atomic mass is 19.1. The number of nitrogens with one attached hydrogen (secondary N) is 2. The van der Waals surface area contributed by atoms with Gasteiger partial charge in [0.05, 0.1) is 0 Å². The zero-order valence-electron chi connectivity index (χ0n) is 15.2. The summed E-state index contributed by atoms with van der Waals surface area (Å²) in [6, 6.07) is 23.1. The molecule has 0 fully saturated rings. The van der Waals surface area contributed by atoms with Crippen LogP contribution in [0.1, 0.15) is 17.5 Å². The first kappa shape index (κ1) is 18.4. The molecule has 1 aromatic heterocycles. The summed E-state index contributed by atoms with van der Waals surface area (Å²) in [5.74, 6) is 0.240. The highest BCUT2D eigenvalue weighted by molar-refractivity contribution is 5.89. The van der Waals surface area contributed by atoms with Crippen LogP contribution in [0.4, 0.5) is 14.9 Å². The highest BCUT2D eigenvalue weighted by Gasteiger charge is 2.23. The van der Waals surface area contributed by atoms with Crippen LogP contribution in [0.2, 0.25) is 0 Å². The molecule has 29 heavy (non-hydrogen) atoms. The van der Waals surface area contributed by atoms with Gasteiger partial charge in [-0.15, -0.1) is 10.2 Å². The van der Waals surface area contributed by atoms with Crippen molar-refractivity contribution in [2.45, 2.75) is 6.04 Å². The Kier molecular flexibility index (Phi) is 5.29. The van der Waals surface area contributed by atoms with E-state index in [2.05, 4.69) is 20.8 Å². The minimum atomic E-state index is -0.651. The van der Waals surface area contributed by atoms with Crippen molar-refractivity contribution >= 4 is 11.7 Å². The molecule has 0 radical (unpaired) electrons. The molecular weight excluding hydrogens is 371 g/mol. The number of hydrogen-bond donors (Lipinski definition) is 2. The van der Waals surface area contributed by atoms with Gasteiger partial charge >= 0.3 is 6.03 Å². The largest absolute Gasteiger partial charge is 0.418 e. The predicted octanol–water partition coefficient (Wildman–Crippen LogP) is 4.79. The van der Waals surface area contributed by atoms with Gasteiger partial charge in [-0.1, -0.05) is 48.5 Å². The van der Waals surface area contributed by atoms with Gasteiger partial charge < -0.3 is 15.1 Å². The minimum absolute atomic E-state index is 0.254. The Hall–Kier alpha value is -4.00. The van der Waals surface area contributed by atoms with E-state index in [9.17, 15) is 9.18 Å². The SMILES string of the molecule is O=C(Nc1ccc(F)cc1)N[C@H](c1ccccc1)c1nnc(-c2ccccc2)o1. The molecule has 0 aliphatic carbocycles. The summed E-state index contributed by atoms with van der Waals surface area (Å²) in [7, 11) is 0. The number of anilines is 1. The second-order valence-corrected chi connectivity index (χ2v) is 6.26. The number of nitrogens with zero attached hydrogens (tertiary/aromatic N) is 2. The van der Waals surface area contributed by atoms with Crippen molar-refractivity contribution in [2.75, 3.05) is 5.32 Å². The zero-order chi connectivity index (χ0) is 20.1. The van der Waals surface area contributed by atoms with Crippen molar-refractivity contribution in [3.05, 3.63) is 102 Å². The van der Waals surface area contributed by atoms with Crippen LogP contribution in [0.3, 0.4) is 0 Å². The van der Waals surface area contributed by atoms with Crippen LogP contribution in [-0.2, 0) is 0 Å². The lowest BCUT2D eigenvalue weighted by molar-refractivity contribution is 0.248. The van der Waals surface area contributed by atoms with Crippen molar-refractivity contribution < 1.29 is 13.6 Å². The van der Waals surface area contributed by atoms with Gasteiger partial charge in [0.15, 0.2) is 0 Å². The Morgan fingerprint density at radius 3 is 2.21 bits per heavy atom. The fourth-order valence-electron chi connectivity index (χ4n) is 2.81. The van der Waals surface area contributed by atoms with Crippen LogP contribution in [0, 0.1) is 5.82 Å². The third kappa shape index (κ3) is 4.47. The second kappa shape index (κ2) is 8.35. The lowest BCUT2D eigenvalue weighted by Crippen LogP contribution is -2.33. The van der Waals surface area contributed by atoms with E-state index in [1.807, 2.05) is 60.7 Å². The van der Waals surface area contributed by atoms with E-state index >= 15 is 0 Å². The maximum Gasteiger partial charge on any atom is 0.320 e. The average Bonchev–Trinajstić information content (AvgIpc) is 3.25. The first-order valence-electron chi connectivity index (χ1n) is 8.96. The molecule has 7 heteroatoms. The summed E-state index contributed by atoms with van der Waals surface area (Å²) >= 11 is 0. The van der Waals surface area contributed by atoms with Gasteiger partial charge in [-0.3, -0.25) is 0 Å². The number of rotatable bonds is 5. The molecule has 3 aromatic carbocycles. The monoisotopic (exact) mass is 388 g/mol. The highest BCUT2D eigenvalue weighted by Crippen LogP contribution is 2.25. The van der Waals surface area contributed by atoms with Crippen molar-refractivity contribution in [1.29, 1.82) is 0 Å². The topological polar surface area (TPSA) is 80.0 Å². The fourth-order valence-corrected chi connectivity index (χ4v) is 2.81. The fraction of sp³-hybridized carbons (Fsp3) is 0.0455. The standard InChI is InChI=1S/C22H17FN4O2/c23-17-11-13-18(14-12-17)24-22(28)25-19(15-7-3-1-4-8-15)21-27-26-20(29-21)16-9-5-2-6-10-16/h1-14,19H,(H2,24,25,28)/t19-/m1/s1. The molecule has 0 aliphatic rings. The Morgan fingerprint density at radius 2 is 1.52 bits per heavy atom. The maximum absolute atomic E-state index is 13.1. The average molecular weight is 388 g/mol. The molecule has 1 atom stereocenters. The van der Waals surface area contributed by atoms with E-state index in [4.69, 9.17) is 4.42 Å². The van der Waals surface area contributed by atoms with Crippen LogP contribution in [0.25, 0.3) is 11.5 Å². The van der Waals surface area contributed by atoms with Crippen molar-refractivity contribution in [3.8, 4) is 11.5 Å². The molecule has 0 saturated heterocycles. The van der Waals surface area contributed by atoms with Crippen LogP contribution in [-0.4, -0.2) is 16.2 Å². The van der Waals surface area contributed by atoms with E-state index in [-0.39, 0.29) is 11.7 Å². The van der Waals surface area contributed by atoms with E-state index in [0.717, 1.165) is 11.1 Å². The molecule has 0 saturated carbocycles. The Bertz CT molecular complexity index is 1080. The molecule has 1 heterocycles. The number of aromatic nitrogens is 2. The predicted molar refractivity (Wildman–Crippen MR) is 107 cm³/mol. The summed E-state index contributed by atoms with van der Waals surface area (Å²) in [5.41, 5.74) is 2.03. The number of amides is 2. The van der Waals surface area contributed by atoms with Crippen LogP contribution in [0.15, 0.2) is 89.3 Å². The third-order valence-electron chi connectivity index (χ3n) is 4.22. The van der Waals surface area contributed by atoms with E-state index in [0.29, 0.717) is 11.6 Å². The zero-order valence-corrected chi connectivity index (χ0v) is 15.2. The lowest BCUT2D eigenvalue weighted by Gasteiger charge is -2.16. The Balaban J connectivity index is 1.58. The van der Waals surface area contributed by atoms with Gasteiger partial charge in [0.2, 0.25) is 11.8 Å². The molecule has 0 bridgehead atoms. The molecule has 2 N–H and O–H groups in total. The van der Waals surface area contributed by atoms with Gasteiger partial charge in [-0.2, -0.15) is 0 Å². The molecule has 0 aliphatic heterocycles. The van der Waals surface area contributed by atoms with Crippen LogP contribution in [0.5, 0.6) is 0 Å². The van der Waals surface area contributed by atoms with E-state index < -0.39 is 12.1 Å². The number of carbonyl (C=O) groups is 1. The van der Waals surface area contributed by atoms with E-state index in [1.165, 1.54) is 24.3 Å². The lowest BCUT2D eigenvalue weighted by atomic mass is 10.1. The molecule has 4 rings (SSSR count). The van der Waals surface area contributed by atoms with Crippen LogP contribution < -0.4 is 10.6 Å². The van der Waals surface area contributed by atoms with Gasteiger partial charge in [-0.25, -0.2) is 9.18 Å². The van der Waals surface area contributed by atoms with Crippen molar-refractivity contribution in [1.82, 2.24) is 15.5 Å². The third-order valence-corrected chi connectivity index (χ3v) is 4.22. The van der Waals surface area contributed by atoms with Gasteiger partial charge in [0.25, 0.3) is 0 Å². The van der Waals surface area contributed by atoms with Gasteiger partial charge in [0, 0.05) is 11.3 Å².